The van der Waals surface area contributed by atoms with Gasteiger partial charge in [-0.15, -0.1) is 11.3 Å². The number of Topliss-reactive ketones (excluding diaryl/α,β-unsaturated/α-hetero) is 1. The number of amides is 1. The predicted molar refractivity (Wildman–Crippen MR) is 109 cm³/mol. The molecule has 3 heterocycles. The Morgan fingerprint density at radius 2 is 1.93 bits per heavy atom. The number of aliphatic hydroxyl groups excluding tert-OH is 1. The second-order valence-electron chi connectivity index (χ2n) is 6.49. The normalized spacial score (nSPS) is 18.2. The number of hydrogen-bond donors (Lipinski definition) is 1. The van der Waals surface area contributed by atoms with Crippen molar-refractivity contribution in [2.45, 2.75) is 12.6 Å². The van der Waals surface area contributed by atoms with Gasteiger partial charge in [0.2, 0.25) is 0 Å². The van der Waals surface area contributed by atoms with Gasteiger partial charge in [0.05, 0.1) is 24.9 Å². The molecule has 0 radical (unpaired) electrons. The third kappa shape index (κ3) is 3.52. The second kappa shape index (κ2) is 7.89. The molecular weight excluding hydrogens is 388 g/mol. The minimum atomic E-state index is -0.764. The van der Waals surface area contributed by atoms with Crippen LogP contribution in [-0.4, -0.2) is 33.8 Å². The Balaban J connectivity index is 1.83. The molecule has 0 aliphatic carbocycles. The van der Waals surface area contributed by atoms with Gasteiger partial charge in [-0.3, -0.25) is 14.6 Å². The number of aliphatic hydroxyl groups is 1. The molecule has 1 unspecified atom stereocenters. The minimum Gasteiger partial charge on any atom is -0.507 e. The first-order chi connectivity index (χ1) is 14.1. The first-order valence-corrected chi connectivity index (χ1v) is 9.84. The Bertz CT molecular complexity index is 1060. The van der Waals surface area contributed by atoms with Crippen LogP contribution in [-0.2, 0) is 16.1 Å². The number of thiophene rings is 1. The van der Waals surface area contributed by atoms with Crippen molar-refractivity contribution in [2.24, 2.45) is 0 Å². The van der Waals surface area contributed by atoms with Crippen molar-refractivity contribution in [3.63, 3.8) is 0 Å². The molecule has 0 spiro atoms. The number of carbonyl (C=O) groups excluding carboxylic acids is 2. The molecule has 1 fully saturated rings. The van der Waals surface area contributed by atoms with Gasteiger partial charge in [-0.1, -0.05) is 12.1 Å². The van der Waals surface area contributed by atoms with Crippen molar-refractivity contribution in [3.05, 3.63) is 87.9 Å². The van der Waals surface area contributed by atoms with E-state index < -0.39 is 17.7 Å². The average Bonchev–Trinajstić information content (AvgIpc) is 3.36. The van der Waals surface area contributed by atoms with Crippen LogP contribution in [0.2, 0.25) is 0 Å². The molecule has 146 valence electrons. The summed E-state index contributed by atoms with van der Waals surface area (Å²) in [6.45, 7) is 0.267. The fourth-order valence-electron chi connectivity index (χ4n) is 3.36. The quantitative estimate of drug-likeness (QED) is 0.396. The highest BCUT2D eigenvalue weighted by atomic mass is 32.1. The summed E-state index contributed by atoms with van der Waals surface area (Å²) in [7, 11) is 1.55. The summed E-state index contributed by atoms with van der Waals surface area (Å²) in [5.41, 5.74) is 0.995. The van der Waals surface area contributed by atoms with Gasteiger partial charge in [-0.05, 0) is 47.8 Å². The van der Waals surface area contributed by atoms with Crippen molar-refractivity contribution in [2.75, 3.05) is 7.11 Å². The first-order valence-electron chi connectivity index (χ1n) is 8.96. The topological polar surface area (TPSA) is 79.7 Å². The van der Waals surface area contributed by atoms with E-state index in [1.165, 1.54) is 16.2 Å². The number of rotatable bonds is 5. The lowest BCUT2D eigenvalue weighted by Crippen LogP contribution is -2.29. The van der Waals surface area contributed by atoms with E-state index in [-0.39, 0.29) is 17.9 Å². The maximum atomic E-state index is 12.9. The minimum absolute atomic E-state index is 0.0374. The van der Waals surface area contributed by atoms with Crippen molar-refractivity contribution in [1.82, 2.24) is 9.88 Å². The predicted octanol–water partition coefficient (Wildman–Crippen LogP) is 3.77. The number of ether oxygens (including phenoxy) is 1. The van der Waals surface area contributed by atoms with E-state index in [1.807, 2.05) is 17.5 Å². The third-order valence-electron chi connectivity index (χ3n) is 4.78. The molecule has 1 aliphatic rings. The van der Waals surface area contributed by atoms with Crippen LogP contribution in [0.15, 0.2) is 71.7 Å². The van der Waals surface area contributed by atoms with E-state index in [4.69, 9.17) is 4.74 Å². The van der Waals surface area contributed by atoms with Crippen LogP contribution in [0.3, 0.4) is 0 Å². The maximum Gasteiger partial charge on any atom is 0.296 e. The molecule has 1 saturated heterocycles. The summed E-state index contributed by atoms with van der Waals surface area (Å²) in [6, 6.07) is 15.0. The summed E-state index contributed by atoms with van der Waals surface area (Å²) in [5.74, 6) is -0.967. The van der Waals surface area contributed by atoms with E-state index in [2.05, 4.69) is 4.98 Å². The van der Waals surface area contributed by atoms with E-state index in [9.17, 15) is 14.7 Å². The zero-order valence-electron chi connectivity index (χ0n) is 15.6. The number of likely N-dealkylation sites (tertiary alicyclic amines) is 1. The van der Waals surface area contributed by atoms with Gasteiger partial charge in [0.25, 0.3) is 11.7 Å². The number of aromatic nitrogens is 1. The van der Waals surface area contributed by atoms with E-state index in [0.717, 1.165) is 4.88 Å². The molecule has 4 rings (SSSR count). The lowest BCUT2D eigenvalue weighted by Gasteiger charge is -2.24. The Morgan fingerprint density at radius 3 is 2.55 bits per heavy atom. The summed E-state index contributed by atoms with van der Waals surface area (Å²) in [4.78, 5) is 32.5. The fraction of sp³-hybridized carbons (Fsp3) is 0.136. The number of pyridine rings is 1. The number of benzene rings is 1. The van der Waals surface area contributed by atoms with Crippen LogP contribution in [0, 0.1) is 0 Å². The van der Waals surface area contributed by atoms with Crippen LogP contribution >= 0.6 is 11.3 Å². The highest BCUT2D eigenvalue weighted by molar-refractivity contribution is 7.09. The van der Waals surface area contributed by atoms with Crippen molar-refractivity contribution >= 4 is 28.8 Å². The molecule has 1 atom stereocenters. The average molecular weight is 406 g/mol. The first kappa shape index (κ1) is 18.9. The summed E-state index contributed by atoms with van der Waals surface area (Å²) in [5, 5.41) is 12.9. The van der Waals surface area contributed by atoms with E-state index in [1.54, 1.807) is 55.8 Å². The lowest BCUT2D eigenvalue weighted by molar-refractivity contribution is -0.140. The van der Waals surface area contributed by atoms with Gasteiger partial charge in [-0.2, -0.15) is 0 Å². The van der Waals surface area contributed by atoms with E-state index in [0.29, 0.717) is 17.0 Å². The Kier molecular flexibility index (Phi) is 5.14. The molecule has 29 heavy (non-hydrogen) atoms. The summed E-state index contributed by atoms with van der Waals surface area (Å²) in [6.07, 6.45) is 1.61. The van der Waals surface area contributed by atoms with Gasteiger partial charge in [0.1, 0.15) is 17.6 Å². The second-order valence-corrected chi connectivity index (χ2v) is 7.52. The van der Waals surface area contributed by atoms with Crippen molar-refractivity contribution < 1.29 is 19.4 Å². The molecule has 1 amide bonds. The highest BCUT2D eigenvalue weighted by Crippen LogP contribution is 2.39. The van der Waals surface area contributed by atoms with Gasteiger partial charge in [-0.25, -0.2) is 0 Å². The molecular formula is C22H18N2O4S. The zero-order valence-corrected chi connectivity index (χ0v) is 16.4. The van der Waals surface area contributed by atoms with Gasteiger partial charge in [0.15, 0.2) is 0 Å². The lowest BCUT2D eigenvalue weighted by atomic mass is 9.98. The summed E-state index contributed by atoms with van der Waals surface area (Å²) >= 11 is 1.50. The van der Waals surface area contributed by atoms with Crippen LogP contribution in [0.4, 0.5) is 0 Å². The molecule has 6 nitrogen and oxygen atoms in total. The highest BCUT2D eigenvalue weighted by Gasteiger charge is 2.46. The Morgan fingerprint density at radius 1 is 1.14 bits per heavy atom. The molecule has 1 aromatic carbocycles. The molecule has 1 aliphatic heterocycles. The Hall–Kier alpha value is -3.45. The smallest absolute Gasteiger partial charge is 0.296 e. The standard InChI is InChI=1S/C22H18N2O4S/c1-28-15-9-7-14(8-10-15)20(25)18-19(17-6-2-3-11-23-17)24(22(27)21(18)26)13-16-5-4-12-29-16/h2-12,19,25H,13H2,1H3/b20-18-. The zero-order chi connectivity index (χ0) is 20.4. The molecule has 1 N–H and O–H groups in total. The number of carbonyl (C=O) groups is 2. The number of nitrogens with zero attached hydrogens (tertiary/aromatic N) is 2. The van der Waals surface area contributed by atoms with Crippen LogP contribution in [0.25, 0.3) is 5.76 Å². The molecule has 0 bridgehead atoms. The number of methoxy groups -OCH3 is 1. The van der Waals surface area contributed by atoms with Crippen LogP contribution < -0.4 is 4.74 Å². The third-order valence-corrected chi connectivity index (χ3v) is 5.64. The monoisotopic (exact) mass is 406 g/mol. The molecule has 2 aromatic heterocycles. The van der Waals surface area contributed by atoms with Crippen molar-refractivity contribution in [1.29, 1.82) is 0 Å². The molecule has 7 heteroatoms. The van der Waals surface area contributed by atoms with E-state index >= 15 is 0 Å². The van der Waals surface area contributed by atoms with Gasteiger partial charge >= 0.3 is 0 Å². The molecule has 0 saturated carbocycles. The number of ketones is 1. The van der Waals surface area contributed by atoms with Gasteiger partial charge < -0.3 is 14.7 Å². The Labute approximate surface area is 171 Å². The van der Waals surface area contributed by atoms with Crippen molar-refractivity contribution in [3.8, 4) is 5.75 Å². The largest absolute Gasteiger partial charge is 0.507 e. The number of hydrogen-bond acceptors (Lipinski definition) is 6. The van der Waals surface area contributed by atoms with Crippen LogP contribution in [0.5, 0.6) is 5.75 Å². The fourth-order valence-corrected chi connectivity index (χ4v) is 4.07. The van der Waals surface area contributed by atoms with Gasteiger partial charge in [0, 0.05) is 16.6 Å². The molecule has 3 aromatic rings. The SMILES string of the molecule is COc1ccc(/C(O)=C2/C(=O)C(=O)N(Cc3cccs3)C2c2ccccn2)cc1. The maximum absolute atomic E-state index is 12.9. The van der Waals surface area contributed by atoms with Crippen LogP contribution in [0.1, 0.15) is 22.2 Å². The summed E-state index contributed by atoms with van der Waals surface area (Å²) < 4.78 is 5.14.